The zero-order valence-electron chi connectivity index (χ0n) is 17.3. The van der Waals surface area contributed by atoms with Crippen LogP contribution in [0.15, 0.2) is 0 Å². The monoisotopic (exact) mass is 436 g/mol. The molecular weight excluding hydrogens is 404 g/mol. The molecule has 0 aromatic heterocycles. The number of hydrogen-bond donors (Lipinski definition) is 4. The van der Waals surface area contributed by atoms with Gasteiger partial charge in [0.2, 0.25) is 11.8 Å². The Morgan fingerprint density at radius 2 is 2.13 bits per heavy atom. The summed E-state index contributed by atoms with van der Waals surface area (Å²) in [4.78, 5) is 28.8. The lowest BCUT2D eigenvalue weighted by Crippen LogP contribution is -2.58. The highest BCUT2D eigenvalue weighted by atomic mass is 32.1. The maximum absolute atomic E-state index is 12.3. The number of fused-ring (bicyclic) bond motifs is 1. The number of rotatable bonds is 8. The molecule has 0 aromatic carbocycles. The molecule has 0 unspecified atom stereocenters. The number of thiocarbonyl (C=S) groups is 1. The Bertz CT molecular complexity index is 663. The number of carbonyl (C=O) groups excluding carboxylic acids is 2. The molecular formula is C20H32N6O3S. The summed E-state index contributed by atoms with van der Waals surface area (Å²) in [5.74, 6) is 2.40. The first-order valence-corrected chi connectivity index (χ1v) is 11.1. The fourth-order valence-corrected chi connectivity index (χ4v) is 4.54. The minimum Gasteiger partial charge on any atom is -0.379 e. The van der Waals surface area contributed by atoms with Gasteiger partial charge in [0, 0.05) is 57.8 Å². The minimum absolute atomic E-state index is 0.0542. The maximum Gasteiger partial charge on any atom is 0.237 e. The molecule has 10 heteroatoms. The summed E-state index contributed by atoms with van der Waals surface area (Å²) in [6.07, 6.45) is 6.96. The SMILES string of the molecule is C#CCNC(=O)CC[C@@H]1CNC(=O)[C@@H]2C[C@H](NC(=S)NCCN3CCOCC3)CN12. The molecule has 0 saturated carbocycles. The first kappa shape index (κ1) is 22.7. The van der Waals surface area contributed by atoms with E-state index in [2.05, 4.69) is 37.0 Å². The second-order valence-electron chi connectivity index (χ2n) is 7.92. The molecule has 0 aromatic rings. The van der Waals surface area contributed by atoms with E-state index in [1.807, 2.05) is 0 Å². The fourth-order valence-electron chi connectivity index (χ4n) is 4.27. The zero-order chi connectivity index (χ0) is 21.3. The molecule has 4 N–H and O–H groups in total. The van der Waals surface area contributed by atoms with E-state index in [1.54, 1.807) is 0 Å². The van der Waals surface area contributed by atoms with Crippen molar-refractivity contribution in [1.82, 2.24) is 31.1 Å². The minimum atomic E-state index is -0.175. The lowest BCUT2D eigenvalue weighted by atomic mass is 10.0. The van der Waals surface area contributed by atoms with Gasteiger partial charge in [-0.25, -0.2) is 0 Å². The highest BCUT2D eigenvalue weighted by Gasteiger charge is 2.43. The van der Waals surface area contributed by atoms with E-state index in [0.29, 0.717) is 30.9 Å². The average Bonchev–Trinajstić information content (AvgIpc) is 3.17. The second kappa shape index (κ2) is 11.5. The Labute approximate surface area is 183 Å². The maximum atomic E-state index is 12.3. The molecule has 3 aliphatic heterocycles. The molecule has 0 radical (unpaired) electrons. The van der Waals surface area contributed by atoms with Crippen molar-refractivity contribution in [3.8, 4) is 12.3 Å². The van der Waals surface area contributed by atoms with Crippen LogP contribution in [-0.4, -0.2) is 104 Å². The van der Waals surface area contributed by atoms with Gasteiger partial charge in [0.05, 0.1) is 25.8 Å². The quantitative estimate of drug-likeness (QED) is 0.263. The molecule has 3 rings (SSSR count). The molecule has 3 saturated heterocycles. The van der Waals surface area contributed by atoms with Gasteiger partial charge < -0.3 is 26.0 Å². The molecule has 30 heavy (non-hydrogen) atoms. The van der Waals surface area contributed by atoms with Crippen LogP contribution in [0.25, 0.3) is 0 Å². The Morgan fingerprint density at radius 1 is 1.33 bits per heavy atom. The number of nitrogens with one attached hydrogen (secondary N) is 4. The number of nitrogens with zero attached hydrogens (tertiary/aromatic N) is 2. The summed E-state index contributed by atoms with van der Waals surface area (Å²) in [5.41, 5.74) is 0. The molecule has 2 amide bonds. The Balaban J connectivity index is 1.41. The topological polar surface area (TPSA) is 98.0 Å². The molecule has 0 spiro atoms. The molecule has 3 fully saturated rings. The van der Waals surface area contributed by atoms with E-state index in [-0.39, 0.29) is 36.5 Å². The second-order valence-corrected chi connectivity index (χ2v) is 8.33. The predicted molar refractivity (Wildman–Crippen MR) is 118 cm³/mol. The number of carbonyl (C=O) groups is 2. The normalized spacial score (nSPS) is 26.9. The number of ether oxygens (including phenoxy) is 1. The summed E-state index contributed by atoms with van der Waals surface area (Å²) in [7, 11) is 0. The Kier molecular flexibility index (Phi) is 8.69. The molecule has 3 heterocycles. The molecule has 9 nitrogen and oxygen atoms in total. The highest BCUT2D eigenvalue weighted by Crippen LogP contribution is 2.25. The Hall–Kier alpha value is -1.93. The number of morpholine rings is 1. The largest absolute Gasteiger partial charge is 0.379 e. The molecule has 3 atom stereocenters. The average molecular weight is 437 g/mol. The van der Waals surface area contributed by atoms with Gasteiger partial charge in [0.15, 0.2) is 5.11 Å². The van der Waals surface area contributed by atoms with Crippen LogP contribution in [0.4, 0.5) is 0 Å². The molecule has 166 valence electrons. The standard InChI is InChI=1S/C20H32N6O3S/c1-2-5-21-18(27)4-3-16-13-23-19(28)17-12-15(14-26(16)17)24-20(30)22-6-7-25-8-10-29-11-9-25/h1,15-17H,3-14H2,(H,21,27)(H,23,28)(H2,22,24,30)/t15-,16+,17-/m0/s1. The van der Waals surface area contributed by atoms with Crippen molar-refractivity contribution in [3.63, 3.8) is 0 Å². The van der Waals surface area contributed by atoms with Gasteiger partial charge in [-0.05, 0) is 25.1 Å². The summed E-state index contributed by atoms with van der Waals surface area (Å²) in [5, 5.41) is 12.9. The number of piperazine rings is 1. The van der Waals surface area contributed by atoms with E-state index in [4.69, 9.17) is 23.4 Å². The third-order valence-electron chi connectivity index (χ3n) is 5.87. The van der Waals surface area contributed by atoms with Crippen molar-refractivity contribution in [1.29, 1.82) is 0 Å². The van der Waals surface area contributed by atoms with Gasteiger partial charge in [-0.3, -0.25) is 19.4 Å². The van der Waals surface area contributed by atoms with Crippen molar-refractivity contribution in [3.05, 3.63) is 0 Å². The van der Waals surface area contributed by atoms with Crippen LogP contribution in [0, 0.1) is 12.3 Å². The van der Waals surface area contributed by atoms with Crippen LogP contribution in [0.2, 0.25) is 0 Å². The fraction of sp³-hybridized carbons (Fsp3) is 0.750. The van der Waals surface area contributed by atoms with Crippen LogP contribution in [0.3, 0.4) is 0 Å². The third kappa shape index (κ3) is 6.54. The molecule has 3 aliphatic rings. The van der Waals surface area contributed by atoms with Crippen molar-refractivity contribution >= 4 is 29.1 Å². The zero-order valence-corrected chi connectivity index (χ0v) is 18.1. The van der Waals surface area contributed by atoms with E-state index >= 15 is 0 Å². The van der Waals surface area contributed by atoms with Gasteiger partial charge in [-0.2, -0.15) is 0 Å². The van der Waals surface area contributed by atoms with Crippen molar-refractivity contribution in [2.75, 3.05) is 59.0 Å². The summed E-state index contributed by atoms with van der Waals surface area (Å²) in [6, 6.07) is 0.0742. The van der Waals surface area contributed by atoms with Crippen molar-refractivity contribution in [2.45, 2.75) is 37.4 Å². The summed E-state index contributed by atoms with van der Waals surface area (Å²) < 4.78 is 5.36. The smallest absolute Gasteiger partial charge is 0.237 e. The first-order valence-electron chi connectivity index (χ1n) is 10.6. The van der Waals surface area contributed by atoms with Gasteiger partial charge in [0.1, 0.15) is 0 Å². The third-order valence-corrected chi connectivity index (χ3v) is 6.13. The van der Waals surface area contributed by atoms with Crippen LogP contribution >= 0.6 is 12.2 Å². The summed E-state index contributed by atoms with van der Waals surface area (Å²) in [6.45, 7) is 6.74. The van der Waals surface area contributed by atoms with Crippen LogP contribution in [-0.2, 0) is 14.3 Å². The van der Waals surface area contributed by atoms with Gasteiger partial charge in [0.25, 0.3) is 0 Å². The number of terminal acetylenes is 1. The van der Waals surface area contributed by atoms with E-state index in [0.717, 1.165) is 45.9 Å². The van der Waals surface area contributed by atoms with E-state index in [9.17, 15) is 9.59 Å². The highest BCUT2D eigenvalue weighted by molar-refractivity contribution is 7.80. The number of hydrogen-bond acceptors (Lipinski definition) is 6. The molecule has 0 bridgehead atoms. The number of amides is 2. The van der Waals surface area contributed by atoms with Crippen LogP contribution in [0.1, 0.15) is 19.3 Å². The summed E-state index contributed by atoms with van der Waals surface area (Å²) >= 11 is 5.45. The van der Waals surface area contributed by atoms with Crippen molar-refractivity contribution < 1.29 is 14.3 Å². The van der Waals surface area contributed by atoms with E-state index in [1.165, 1.54) is 0 Å². The van der Waals surface area contributed by atoms with Crippen LogP contribution < -0.4 is 21.3 Å². The van der Waals surface area contributed by atoms with E-state index < -0.39 is 0 Å². The van der Waals surface area contributed by atoms with Gasteiger partial charge in [-0.1, -0.05) is 5.92 Å². The first-order chi connectivity index (χ1) is 14.6. The lowest BCUT2D eigenvalue weighted by Gasteiger charge is -2.37. The van der Waals surface area contributed by atoms with Crippen LogP contribution in [0.5, 0.6) is 0 Å². The van der Waals surface area contributed by atoms with Gasteiger partial charge >= 0.3 is 0 Å². The predicted octanol–water partition coefficient (Wildman–Crippen LogP) is -1.75. The lowest BCUT2D eigenvalue weighted by molar-refractivity contribution is -0.129. The van der Waals surface area contributed by atoms with Gasteiger partial charge in [-0.15, -0.1) is 6.42 Å². The molecule has 0 aliphatic carbocycles. The van der Waals surface area contributed by atoms with Crippen molar-refractivity contribution in [2.24, 2.45) is 0 Å². The Morgan fingerprint density at radius 3 is 2.90 bits per heavy atom.